The third kappa shape index (κ3) is 3.93. The van der Waals surface area contributed by atoms with Gasteiger partial charge in [0.05, 0.1) is 12.7 Å². The van der Waals surface area contributed by atoms with Crippen molar-refractivity contribution >= 4 is 29.1 Å². The molecule has 2 amide bonds. The summed E-state index contributed by atoms with van der Waals surface area (Å²) in [4.78, 5) is 22.6. The third-order valence-electron chi connectivity index (χ3n) is 4.03. The lowest BCUT2D eigenvalue weighted by Gasteiger charge is -2.34. The molecule has 9 heteroatoms. The SMILES string of the molecule is CC(C)CN(c1nc(C#N)ncc1Cl)N1CCN(c2ccc(F)cc2)C1=O. The summed E-state index contributed by atoms with van der Waals surface area (Å²) < 4.78 is 13.2. The molecular formula is C18H18ClFN6O. The molecule has 0 spiro atoms. The molecule has 3 rings (SSSR count). The maximum Gasteiger partial charge on any atom is 0.343 e. The highest BCUT2D eigenvalue weighted by Crippen LogP contribution is 2.29. The van der Waals surface area contributed by atoms with Crippen LogP contribution in [0.5, 0.6) is 0 Å². The van der Waals surface area contributed by atoms with E-state index in [0.717, 1.165) is 0 Å². The molecular weight excluding hydrogens is 371 g/mol. The van der Waals surface area contributed by atoms with Crippen LogP contribution in [-0.2, 0) is 0 Å². The van der Waals surface area contributed by atoms with E-state index in [1.165, 1.54) is 18.3 Å². The van der Waals surface area contributed by atoms with Crippen molar-refractivity contribution in [1.29, 1.82) is 5.26 Å². The molecule has 0 aliphatic carbocycles. The zero-order valence-electron chi connectivity index (χ0n) is 14.9. The Morgan fingerprint density at radius 2 is 2.04 bits per heavy atom. The van der Waals surface area contributed by atoms with Crippen LogP contribution in [0.4, 0.5) is 20.7 Å². The molecule has 0 radical (unpaired) electrons. The predicted octanol–water partition coefficient (Wildman–Crippen LogP) is 3.46. The van der Waals surface area contributed by atoms with E-state index in [9.17, 15) is 9.18 Å². The molecule has 1 aromatic carbocycles. The van der Waals surface area contributed by atoms with Crippen LogP contribution < -0.4 is 9.91 Å². The lowest BCUT2D eigenvalue weighted by atomic mass is 10.2. The Kier molecular flexibility index (Phi) is 5.42. The molecule has 0 N–H and O–H groups in total. The van der Waals surface area contributed by atoms with Crippen molar-refractivity contribution in [3.63, 3.8) is 0 Å². The minimum Gasteiger partial charge on any atom is -0.291 e. The molecule has 1 aliphatic rings. The monoisotopic (exact) mass is 388 g/mol. The fourth-order valence-electron chi connectivity index (χ4n) is 2.85. The van der Waals surface area contributed by atoms with Crippen molar-refractivity contribution < 1.29 is 9.18 Å². The fraction of sp³-hybridized carbons (Fsp3) is 0.333. The van der Waals surface area contributed by atoms with E-state index >= 15 is 0 Å². The van der Waals surface area contributed by atoms with Crippen LogP contribution in [0.1, 0.15) is 19.7 Å². The first kappa shape index (κ1) is 18.9. The number of aromatic nitrogens is 2. The summed E-state index contributed by atoms with van der Waals surface area (Å²) in [6, 6.07) is 7.38. The molecule has 1 fully saturated rings. The average molecular weight is 389 g/mol. The van der Waals surface area contributed by atoms with Crippen LogP contribution in [0, 0.1) is 23.1 Å². The minimum atomic E-state index is -0.361. The van der Waals surface area contributed by atoms with Crippen molar-refractivity contribution in [1.82, 2.24) is 15.0 Å². The molecule has 2 aromatic rings. The number of nitrogens with zero attached hydrogens (tertiary/aromatic N) is 6. The first-order chi connectivity index (χ1) is 12.9. The normalized spacial score (nSPS) is 14.0. The van der Waals surface area contributed by atoms with Gasteiger partial charge >= 0.3 is 6.03 Å². The van der Waals surface area contributed by atoms with Gasteiger partial charge in [-0.15, -0.1) is 0 Å². The van der Waals surface area contributed by atoms with Gasteiger partial charge in [-0.2, -0.15) is 10.2 Å². The highest BCUT2D eigenvalue weighted by molar-refractivity contribution is 6.32. The van der Waals surface area contributed by atoms with Crippen molar-refractivity contribution in [3.05, 3.63) is 47.1 Å². The molecule has 1 aliphatic heterocycles. The summed E-state index contributed by atoms with van der Waals surface area (Å²) >= 11 is 6.26. The Bertz CT molecular complexity index is 882. The number of hydrogen-bond acceptors (Lipinski definition) is 5. The number of anilines is 2. The van der Waals surface area contributed by atoms with Crippen molar-refractivity contribution in [3.8, 4) is 6.07 Å². The second-order valence-corrected chi connectivity index (χ2v) is 6.89. The van der Waals surface area contributed by atoms with Crippen molar-refractivity contribution in [2.45, 2.75) is 13.8 Å². The smallest absolute Gasteiger partial charge is 0.291 e. The van der Waals surface area contributed by atoms with Crippen LogP contribution in [0.15, 0.2) is 30.5 Å². The Hall–Kier alpha value is -2.92. The highest BCUT2D eigenvalue weighted by atomic mass is 35.5. The molecule has 0 bridgehead atoms. The molecule has 140 valence electrons. The number of hydrazine groups is 1. The van der Waals surface area contributed by atoms with Crippen LogP contribution in [0.3, 0.4) is 0 Å². The number of rotatable bonds is 5. The molecule has 7 nitrogen and oxygen atoms in total. The summed E-state index contributed by atoms with van der Waals surface area (Å²) in [6.07, 6.45) is 1.36. The molecule has 27 heavy (non-hydrogen) atoms. The van der Waals surface area contributed by atoms with Crippen LogP contribution in [0.25, 0.3) is 0 Å². The minimum absolute atomic E-state index is 0.0230. The van der Waals surface area contributed by atoms with E-state index in [2.05, 4.69) is 9.97 Å². The molecule has 1 aromatic heterocycles. The van der Waals surface area contributed by atoms with Gasteiger partial charge in [0.1, 0.15) is 16.9 Å². The summed E-state index contributed by atoms with van der Waals surface area (Å²) in [5, 5.41) is 12.6. The fourth-order valence-corrected chi connectivity index (χ4v) is 3.04. The summed E-state index contributed by atoms with van der Waals surface area (Å²) in [5.74, 6) is 0.131. The number of halogens is 2. The Balaban J connectivity index is 1.93. The quantitative estimate of drug-likeness (QED) is 0.783. The van der Waals surface area contributed by atoms with E-state index in [0.29, 0.717) is 31.1 Å². The van der Waals surface area contributed by atoms with Gasteiger partial charge in [0.15, 0.2) is 5.82 Å². The molecule has 0 unspecified atom stereocenters. The molecule has 0 saturated carbocycles. The Morgan fingerprint density at radius 1 is 1.33 bits per heavy atom. The first-order valence-electron chi connectivity index (χ1n) is 8.45. The van der Waals surface area contributed by atoms with Crippen molar-refractivity contribution in [2.75, 3.05) is 29.5 Å². The summed E-state index contributed by atoms with van der Waals surface area (Å²) in [6.45, 7) is 5.33. The summed E-state index contributed by atoms with van der Waals surface area (Å²) in [5.41, 5.74) is 0.611. The van der Waals surface area contributed by atoms with Gasteiger partial charge in [-0.1, -0.05) is 25.4 Å². The first-order valence-corrected chi connectivity index (χ1v) is 8.83. The molecule has 0 atom stereocenters. The van der Waals surface area contributed by atoms with Gasteiger partial charge in [-0.05, 0) is 30.2 Å². The number of carbonyl (C=O) groups excluding carboxylic acids is 1. The lowest BCUT2D eigenvalue weighted by Crippen LogP contribution is -2.48. The number of carbonyl (C=O) groups is 1. The van der Waals surface area contributed by atoms with Gasteiger partial charge in [0.25, 0.3) is 0 Å². The molecule has 1 saturated heterocycles. The van der Waals surface area contributed by atoms with E-state index in [1.807, 2.05) is 19.9 Å². The number of hydrogen-bond donors (Lipinski definition) is 0. The van der Waals surface area contributed by atoms with E-state index < -0.39 is 0 Å². The van der Waals surface area contributed by atoms with Gasteiger partial charge in [0, 0.05) is 18.8 Å². The average Bonchev–Trinajstić information content (AvgIpc) is 3.02. The van der Waals surface area contributed by atoms with Gasteiger partial charge in [0.2, 0.25) is 5.82 Å². The maximum atomic E-state index is 13.2. The maximum absolute atomic E-state index is 13.2. The van der Waals surface area contributed by atoms with Crippen molar-refractivity contribution in [2.24, 2.45) is 5.92 Å². The molecule has 2 heterocycles. The number of benzene rings is 1. The van der Waals surface area contributed by atoms with Gasteiger partial charge in [-0.3, -0.25) is 9.91 Å². The second kappa shape index (κ2) is 7.76. The van der Waals surface area contributed by atoms with Crippen LogP contribution in [0.2, 0.25) is 5.02 Å². The van der Waals surface area contributed by atoms with Crippen LogP contribution >= 0.6 is 11.6 Å². The zero-order valence-corrected chi connectivity index (χ0v) is 15.7. The Morgan fingerprint density at radius 3 is 2.67 bits per heavy atom. The van der Waals surface area contributed by atoms with E-state index in [4.69, 9.17) is 16.9 Å². The lowest BCUT2D eigenvalue weighted by molar-refractivity contribution is 0.213. The van der Waals surface area contributed by atoms with Gasteiger partial charge < -0.3 is 0 Å². The standard InChI is InChI=1S/C18H18ClFN6O/c1-12(2)11-26(17-15(19)10-22-16(9-21)23-17)25-8-7-24(18(25)27)14-5-3-13(20)4-6-14/h3-6,10,12H,7-8,11H2,1-2H3. The van der Waals surface area contributed by atoms with E-state index in [-0.39, 0.29) is 28.6 Å². The number of amides is 2. The number of urea groups is 1. The zero-order chi connectivity index (χ0) is 19.6. The van der Waals surface area contributed by atoms with Crippen LogP contribution in [-0.4, -0.2) is 40.6 Å². The third-order valence-corrected chi connectivity index (χ3v) is 4.29. The Labute approximate surface area is 161 Å². The highest BCUT2D eigenvalue weighted by Gasteiger charge is 2.35. The largest absolute Gasteiger partial charge is 0.343 e. The van der Waals surface area contributed by atoms with E-state index in [1.54, 1.807) is 27.1 Å². The second-order valence-electron chi connectivity index (χ2n) is 6.49. The number of nitriles is 1. The topological polar surface area (TPSA) is 76.4 Å². The predicted molar refractivity (Wildman–Crippen MR) is 99.8 cm³/mol. The summed E-state index contributed by atoms with van der Waals surface area (Å²) in [7, 11) is 0. The van der Waals surface area contributed by atoms with Gasteiger partial charge in [-0.25, -0.2) is 19.2 Å².